The predicted molar refractivity (Wildman–Crippen MR) is 114 cm³/mol. The summed E-state index contributed by atoms with van der Waals surface area (Å²) in [6.45, 7) is 6.90. The summed E-state index contributed by atoms with van der Waals surface area (Å²) in [6.07, 6.45) is 6.34. The van der Waals surface area contributed by atoms with E-state index in [0.29, 0.717) is 33.1 Å². The number of carbonyl (C=O) groups excluding carboxylic acids is 1. The number of hydrogen-bond donors (Lipinski definition) is 1. The highest BCUT2D eigenvalue weighted by atomic mass is 32.2. The summed E-state index contributed by atoms with van der Waals surface area (Å²) in [5, 5.41) is 25.8. The molecule has 2 aliphatic rings. The van der Waals surface area contributed by atoms with Crippen molar-refractivity contribution in [3.63, 3.8) is 0 Å². The number of rotatable bonds is 7. The lowest BCUT2D eigenvalue weighted by Gasteiger charge is -2.36. The average Bonchev–Trinajstić information content (AvgIpc) is 3.34. The van der Waals surface area contributed by atoms with Crippen molar-refractivity contribution < 1.29 is 4.79 Å². The number of carbonyl (C=O) groups is 1. The van der Waals surface area contributed by atoms with Gasteiger partial charge in [0, 0.05) is 4.88 Å². The Morgan fingerprint density at radius 1 is 1.41 bits per heavy atom. The number of nitrogens with one attached hydrogen (secondary N) is 1. The summed E-state index contributed by atoms with van der Waals surface area (Å²) in [5.74, 6) is 0.720. The van der Waals surface area contributed by atoms with Gasteiger partial charge in [0.05, 0.1) is 17.4 Å². The van der Waals surface area contributed by atoms with E-state index in [1.54, 1.807) is 16.0 Å². The molecule has 7 nitrogen and oxygen atoms in total. The minimum atomic E-state index is -0.124. The second-order valence-corrected chi connectivity index (χ2v) is 10.6. The molecule has 0 bridgehead atoms. The fraction of sp³-hybridized carbons (Fsp3) is 0.650. The van der Waals surface area contributed by atoms with E-state index in [2.05, 4.69) is 47.7 Å². The Balaban J connectivity index is 1.43. The first-order valence-corrected chi connectivity index (χ1v) is 12.0. The molecule has 2 aliphatic carbocycles. The van der Waals surface area contributed by atoms with Crippen molar-refractivity contribution in [1.82, 2.24) is 20.2 Å². The Hall–Kier alpha value is -1.92. The molecule has 1 unspecified atom stereocenters. The largest absolute Gasteiger partial charge is 0.316 e. The summed E-state index contributed by atoms with van der Waals surface area (Å²) in [4.78, 5) is 13.8. The van der Waals surface area contributed by atoms with E-state index in [9.17, 15) is 10.1 Å². The highest BCUT2D eigenvalue weighted by Crippen LogP contribution is 2.45. The third-order valence-electron chi connectivity index (χ3n) is 6.33. The van der Waals surface area contributed by atoms with Crippen LogP contribution in [0.2, 0.25) is 0 Å². The monoisotopic (exact) mass is 430 g/mol. The Morgan fingerprint density at radius 3 is 2.90 bits per heavy atom. The summed E-state index contributed by atoms with van der Waals surface area (Å²) in [5.41, 5.74) is 2.08. The van der Waals surface area contributed by atoms with Gasteiger partial charge in [-0.2, -0.15) is 5.26 Å². The van der Waals surface area contributed by atoms with Crippen LogP contribution in [0.5, 0.6) is 0 Å². The van der Waals surface area contributed by atoms with Crippen LogP contribution in [0.4, 0.5) is 5.00 Å². The fourth-order valence-electron chi connectivity index (χ4n) is 3.87. The zero-order chi connectivity index (χ0) is 20.6. The second-order valence-electron chi connectivity index (χ2n) is 8.58. The van der Waals surface area contributed by atoms with Gasteiger partial charge in [-0.25, -0.2) is 4.68 Å². The van der Waals surface area contributed by atoms with Crippen LogP contribution < -0.4 is 5.32 Å². The minimum Gasteiger partial charge on any atom is -0.316 e. The highest BCUT2D eigenvalue weighted by Gasteiger charge is 2.34. The molecule has 2 heterocycles. The van der Waals surface area contributed by atoms with E-state index in [4.69, 9.17) is 0 Å². The first kappa shape index (κ1) is 20.4. The molecule has 2 aromatic heterocycles. The molecule has 0 saturated heterocycles. The van der Waals surface area contributed by atoms with E-state index in [1.807, 2.05) is 0 Å². The molecule has 1 N–H and O–H groups in total. The maximum Gasteiger partial charge on any atom is 0.235 e. The molecule has 0 aliphatic heterocycles. The summed E-state index contributed by atoms with van der Waals surface area (Å²) < 4.78 is 1.80. The number of hydrogen-bond acceptors (Lipinski definition) is 7. The first-order chi connectivity index (χ1) is 13.9. The van der Waals surface area contributed by atoms with Crippen molar-refractivity contribution in [3.05, 3.63) is 16.0 Å². The number of fused-ring (bicyclic) bond motifs is 1. The molecule has 1 fully saturated rings. The molecule has 0 radical (unpaired) electrons. The van der Waals surface area contributed by atoms with Gasteiger partial charge in [-0.3, -0.25) is 4.79 Å². The van der Waals surface area contributed by atoms with Crippen molar-refractivity contribution in [1.29, 1.82) is 5.26 Å². The topological polar surface area (TPSA) is 96.5 Å². The van der Waals surface area contributed by atoms with Gasteiger partial charge in [-0.05, 0) is 59.4 Å². The maximum absolute atomic E-state index is 12.5. The lowest BCUT2D eigenvalue weighted by molar-refractivity contribution is -0.113. The maximum atomic E-state index is 12.5. The Morgan fingerprint density at radius 2 is 2.21 bits per heavy atom. The fourth-order valence-corrected chi connectivity index (χ4v) is 5.91. The molecular weight excluding hydrogens is 404 g/mol. The van der Waals surface area contributed by atoms with E-state index in [1.165, 1.54) is 16.6 Å². The van der Waals surface area contributed by atoms with Gasteiger partial charge in [0.1, 0.15) is 11.1 Å². The lowest BCUT2D eigenvalue weighted by Crippen LogP contribution is -2.28. The predicted octanol–water partition coefficient (Wildman–Crippen LogP) is 4.21. The Labute approximate surface area is 179 Å². The number of anilines is 1. The van der Waals surface area contributed by atoms with E-state index in [-0.39, 0.29) is 11.7 Å². The number of tetrazole rings is 1. The Bertz CT molecular complexity index is 953. The van der Waals surface area contributed by atoms with E-state index in [0.717, 1.165) is 44.1 Å². The van der Waals surface area contributed by atoms with E-state index >= 15 is 0 Å². The van der Waals surface area contributed by atoms with E-state index < -0.39 is 0 Å². The van der Waals surface area contributed by atoms with Crippen molar-refractivity contribution >= 4 is 34.0 Å². The normalized spacial score (nSPS) is 18.9. The zero-order valence-corrected chi connectivity index (χ0v) is 18.7. The molecule has 1 saturated carbocycles. The second kappa shape index (κ2) is 8.07. The molecule has 29 heavy (non-hydrogen) atoms. The SMILES string of the molecule is CCC(C)(C)C1CCc2c(sc(NC(=O)CSc3nnnn3C3CC3)c2C#N)C1. The number of nitriles is 1. The van der Waals surface area contributed by atoms with Crippen LogP contribution in [0.25, 0.3) is 0 Å². The molecule has 0 aromatic carbocycles. The summed E-state index contributed by atoms with van der Waals surface area (Å²) in [7, 11) is 0. The molecule has 4 rings (SSSR count). The molecule has 0 spiro atoms. The number of thiophene rings is 1. The van der Waals surface area contributed by atoms with Crippen LogP contribution in [0.15, 0.2) is 5.16 Å². The van der Waals surface area contributed by atoms with Crippen molar-refractivity contribution in [2.24, 2.45) is 11.3 Å². The number of nitrogens with zero attached hydrogens (tertiary/aromatic N) is 5. The number of thioether (sulfide) groups is 1. The molecular formula is C20H26N6OS2. The van der Waals surface area contributed by atoms with Gasteiger partial charge in [0.25, 0.3) is 0 Å². The molecule has 1 amide bonds. The smallest absolute Gasteiger partial charge is 0.235 e. The van der Waals surface area contributed by atoms with Gasteiger partial charge >= 0.3 is 0 Å². The molecule has 2 aromatic rings. The van der Waals surface area contributed by atoms with Crippen LogP contribution in [-0.2, 0) is 17.6 Å². The van der Waals surface area contributed by atoms with Gasteiger partial charge in [-0.15, -0.1) is 16.4 Å². The van der Waals surface area contributed by atoms with Crippen LogP contribution in [0.1, 0.15) is 68.5 Å². The van der Waals surface area contributed by atoms with Gasteiger partial charge in [0.15, 0.2) is 0 Å². The number of amides is 1. The standard InChI is InChI=1S/C20H26N6OS2/c1-4-20(2,3)12-5-8-14-15(10-21)18(29-16(14)9-12)22-17(27)11-28-19-23-24-25-26(19)13-6-7-13/h12-13H,4-9,11H2,1-3H3,(H,22,27). The third kappa shape index (κ3) is 4.19. The lowest BCUT2D eigenvalue weighted by atomic mass is 9.69. The van der Waals surface area contributed by atoms with Crippen molar-refractivity contribution in [2.45, 2.75) is 70.5 Å². The minimum absolute atomic E-state index is 0.124. The zero-order valence-electron chi connectivity index (χ0n) is 17.1. The third-order valence-corrected chi connectivity index (χ3v) is 8.44. The van der Waals surface area contributed by atoms with Crippen LogP contribution in [0.3, 0.4) is 0 Å². The van der Waals surface area contributed by atoms with Gasteiger partial charge in [0.2, 0.25) is 11.1 Å². The van der Waals surface area contributed by atoms with Crippen molar-refractivity contribution in [3.8, 4) is 6.07 Å². The van der Waals surface area contributed by atoms with Crippen LogP contribution >= 0.6 is 23.1 Å². The van der Waals surface area contributed by atoms with Gasteiger partial charge in [-0.1, -0.05) is 39.0 Å². The molecule has 154 valence electrons. The molecule has 9 heteroatoms. The summed E-state index contributed by atoms with van der Waals surface area (Å²) >= 11 is 2.92. The van der Waals surface area contributed by atoms with Crippen molar-refractivity contribution in [2.75, 3.05) is 11.1 Å². The number of aromatic nitrogens is 4. The highest BCUT2D eigenvalue weighted by molar-refractivity contribution is 7.99. The quantitative estimate of drug-likeness (QED) is 0.661. The average molecular weight is 431 g/mol. The molecule has 1 atom stereocenters. The van der Waals surface area contributed by atoms with Gasteiger partial charge < -0.3 is 5.32 Å². The summed E-state index contributed by atoms with van der Waals surface area (Å²) in [6, 6.07) is 2.71. The Kier molecular flexibility index (Phi) is 5.67. The van der Waals surface area contributed by atoms with Crippen LogP contribution in [-0.4, -0.2) is 31.9 Å². The van der Waals surface area contributed by atoms with Crippen LogP contribution in [0, 0.1) is 22.7 Å². The first-order valence-electron chi connectivity index (χ1n) is 10.2.